The molecule has 0 aliphatic rings. The molecule has 1 heterocycles. The summed E-state index contributed by atoms with van der Waals surface area (Å²) in [6, 6.07) is 10.1. The molecule has 0 spiro atoms. The van der Waals surface area contributed by atoms with E-state index in [2.05, 4.69) is 32.5 Å². The van der Waals surface area contributed by atoms with Crippen LogP contribution in [0.25, 0.3) is 0 Å². The predicted octanol–water partition coefficient (Wildman–Crippen LogP) is 3.22. The van der Waals surface area contributed by atoms with Gasteiger partial charge in [-0.15, -0.1) is 0 Å². The van der Waals surface area contributed by atoms with Gasteiger partial charge in [-0.3, -0.25) is 0 Å². The van der Waals surface area contributed by atoms with Gasteiger partial charge in [0.05, 0.1) is 6.10 Å². The Labute approximate surface area is 125 Å². The van der Waals surface area contributed by atoms with Crippen molar-refractivity contribution in [3.05, 3.63) is 30.3 Å². The first-order valence-corrected chi connectivity index (χ1v) is 7.16. The quantitative estimate of drug-likeness (QED) is 0.814. The minimum atomic E-state index is 0.0102. The molecule has 2 aromatic rings. The van der Waals surface area contributed by atoms with Crippen LogP contribution in [0.15, 0.2) is 30.3 Å². The fourth-order valence-electron chi connectivity index (χ4n) is 1.64. The van der Waals surface area contributed by atoms with Crippen molar-refractivity contribution >= 4 is 17.6 Å². The normalized spacial score (nSPS) is 10.5. The lowest BCUT2D eigenvalue weighted by Crippen LogP contribution is -2.13. The highest BCUT2D eigenvalue weighted by Crippen LogP contribution is 2.17. The number of anilines is 3. The lowest BCUT2D eigenvalue weighted by atomic mass is 10.3. The van der Waals surface area contributed by atoms with Crippen LogP contribution in [0.5, 0.6) is 6.01 Å². The van der Waals surface area contributed by atoms with Gasteiger partial charge in [-0.1, -0.05) is 25.1 Å². The summed E-state index contributed by atoms with van der Waals surface area (Å²) in [5.41, 5.74) is 0.917. The van der Waals surface area contributed by atoms with E-state index in [1.54, 1.807) is 0 Å². The van der Waals surface area contributed by atoms with Crippen LogP contribution in [0.1, 0.15) is 27.2 Å². The molecule has 0 saturated carbocycles. The Kier molecular flexibility index (Phi) is 5.31. The van der Waals surface area contributed by atoms with E-state index in [0.717, 1.165) is 18.7 Å². The number of benzene rings is 1. The molecule has 2 rings (SSSR count). The Morgan fingerprint density at radius 3 is 2.43 bits per heavy atom. The zero-order valence-electron chi connectivity index (χ0n) is 12.6. The van der Waals surface area contributed by atoms with Gasteiger partial charge in [0, 0.05) is 12.2 Å². The van der Waals surface area contributed by atoms with Crippen LogP contribution >= 0.6 is 0 Å². The van der Waals surface area contributed by atoms with Crippen molar-refractivity contribution in [3.63, 3.8) is 0 Å². The van der Waals surface area contributed by atoms with Crippen LogP contribution in [0.4, 0.5) is 17.6 Å². The maximum Gasteiger partial charge on any atom is 0.323 e. The number of nitrogens with one attached hydrogen (secondary N) is 2. The lowest BCUT2D eigenvalue weighted by Gasteiger charge is -2.12. The second-order valence-corrected chi connectivity index (χ2v) is 4.85. The molecule has 2 N–H and O–H groups in total. The zero-order valence-corrected chi connectivity index (χ0v) is 12.6. The zero-order chi connectivity index (χ0) is 15.1. The number of rotatable bonds is 7. The maximum absolute atomic E-state index is 5.57. The van der Waals surface area contributed by atoms with E-state index in [4.69, 9.17) is 4.74 Å². The number of para-hydroxylation sites is 1. The van der Waals surface area contributed by atoms with Crippen LogP contribution in [0.2, 0.25) is 0 Å². The first kappa shape index (κ1) is 15.0. The Morgan fingerprint density at radius 1 is 1.05 bits per heavy atom. The molecule has 0 fully saturated rings. The molecular formula is C15H21N5O. The fourth-order valence-corrected chi connectivity index (χ4v) is 1.64. The molecule has 6 nitrogen and oxygen atoms in total. The van der Waals surface area contributed by atoms with Gasteiger partial charge in [-0.25, -0.2) is 0 Å². The molecule has 0 saturated heterocycles. The smallest absolute Gasteiger partial charge is 0.323 e. The van der Waals surface area contributed by atoms with Crippen LogP contribution in [0.3, 0.4) is 0 Å². The molecule has 112 valence electrons. The summed E-state index contributed by atoms with van der Waals surface area (Å²) in [7, 11) is 0. The first-order valence-electron chi connectivity index (χ1n) is 7.16. The molecule has 6 heteroatoms. The summed E-state index contributed by atoms with van der Waals surface area (Å²) in [5, 5.41) is 6.30. The van der Waals surface area contributed by atoms with E-state index in [1.807, 2.05) is 44.2 Å². The molecule has 0 unspecified atom stereocenters. The van der Waals surface area contributed by atoms with Gasteiger partial charge in [0.1, 0.15) is 0 Å². The third-order valence-electron chi connectivity index (χ3n) is 2.52. The van der Waals surface area contributed by atoms with Crippen molar-refractivity contribution in [2.45, 2.75) is 33.3 Å². The monoisotopic (exact) mass is 287 g/mol. The number of hydrogen-bond donors (Lipinski definition) is 2. The Bertz CT molecular complexity index is 559. The van der Waals surface area contributed by atoms with Crippen molar-refractivity contribution in [1.82, 2.24) is 15.0 Å². The van der Waals surface area contributed by atoms with Crippen LogP contribution in [-0.2, 0) is 0 Å². The fraction of sp³-hybridized carbons (Fsp3) is 0.400. The maximum atomic E-state index is 5.57. The molecular weight excluding hydrogens is 266 g/mol. The second kappa shape index (κ2) is 7.42. The molecule has 0 radical (unpaired) electrons. The van der Waals surface area contributed by atoms with Crippen molar-refractivity contribution < 1.29 is 4.74 Å². The van der Waals surface area contributed by atoms with Gasteiger partial charge in [0.15, 0.2) is 0 Å². The van der Waals surface area contributed by atoms with Crippen LogP contribution in [0, 0.1) is 0 Å². The third kappa shape index (κ3) is 4.91. The standard InChI is InChI=1S/C15H21N5O/c1-4-10-16-13-18-14(17-12-8-6-5-7-9-12)20-15(19-13)21-11(2)3/h5-9,11H,4,10H2,1-3H3,(H2,16,17,18,19,20). The molecule has 21 heavy (non-hydrogen) atoms. The summed E-state index contributed by atoms with van der Waals surface area (Å²) in [6.07, 6.45) is 1.00. The van der Waals surface area contributed by atoms with E-state index in [-0.39, 0.29) is 6.10 Å². The molecule has 0 amide bonds. The van der Waals surface area contributed by atoms with Gasteiger partial charge >= 0.3 is 6.01 Å². The van der Waals surface area contributed by atoms with E-state index >= 15 is 0 Å². The lowest BCUT2D eigenvalue weighted by molar-refractivity contribution is 0.222. The molecule has 1 aromatic carbocycles. The number of aromatic nitrogens is 3. The minimum absolute atomic E-state index is 0.0102. The molecule has 1 aromatic heterocycles. The number of hydrogen-bond acceptors (Lipinski definition) is 6. The molecule has 0 aliphatic heterocycles. The van der Waals surface area contributed by atoms with E-state index < -0.39 is 0 Å². The predicted molar refractivity (Wildman–Crippen MR) is 84.1 cm³/mol. The van der Waals surface area contributed by atoms with Gasteiger partial charge in [0.2, 0.25) is 11.9 Å². The molecule has 0 bridgehead atoms. The topological polar surface area (TPSA) is 72.0 Å². The third-order valence-corrected chi connectivity index (χ3v) is 2.52. The van der Waals surface area contributed by atoms with E-state index in [0.29, 0.717) is 17.9 Å². The van der Waals surface area contributed by atoms with Gasteiger partial charge in [-0.2, -0.15) is 15.0 Å². The van der Waals surface area contributed by atoms with Crippen molar-refractivity contribution in [2.75, 3.05) is 17.2 Å². The van der Waals surface area contributed by atoms with Gasteiger partial charge in [0.25, 0.3) is 0 Å². The average molecular weight is 287 g/mol. The van der Waals surface area contributed by atoms with Crippen LogP contribution in [-0.4, -0.2) is 27.6 Å². The van der Waals surface area contributed by atoms with Gasteiger partial charge < -0.3 is 15.4 Å². The Hall–Kier alpha value is -2.37. The van der Waals surface area contributed by atoms with E-state index in [1.165, 1.54) is 0 Å². The summed E-state index contributed by atoms with van der Waals surface area (Å²) >= 11 is 0. The minimum Gasteiger partial charge on any atom is -0.461 e. The summed E-state index contributed by atoms with van der Waals surface area (Å²) in [6.45, 7) is 6.76. The van der Waals surface area contributed by atoms with E-state index in [9.17, 15) is 0 Å². The number of nitrogens with zero attached hydrogens (tertiary/aromatic N) is 3. The van der Waals surface area contributed by atoms with Crippen LogP contribution < -0.4 is 15.4 Å². The SMILES string of the molecule is CCCNc1nc(Nc2ccccc2)nc(OC(C)C)n1. The van der Waals surface area contributed by atoms with Crippen molar-refractivity contribution in [3.8, 4) is 6.01 Å². The highest BCUT2D eigenvalue weighted by molar-refractivity contribution is 5.53. The average Bonchev–Trinajstić information content (AvgIpc) is 2.45. The summed E-state index contributed by atoms with van der Waals surface area (Å²) in [4.78, 5) is 12.9. The summed E-state index contributed by atoms with van der Waals surface area (Å²) in [5.74, 6) is 0.978. The summed E-state index contributed by atoms with van der Waals surface area (Å²) < 4.78 is 5.57. The highest BCUT2D eigenvalue weighted by atomic mass is 16.5. The first-order chi connectivity index (χ1) is 10.2. The van der Waals surface area contributed by atoms with Crippen molar-refractivity contribution in [1.29, 1.82) is 0 Å². The Morgan fingerprint density at radius 2 is 1.76 bits per heavy atom. The molecule has 0 atom stereocenters. The number of ether oxygens (including phenoxy) is 1. The highest BCUT2D eigenvalue weighted by Gasteiger charge is 2.09. The van der Waals surface area contributed by atoms with Crippen molar-refractivity contribution in [2.24, 2.45) is 0 Å². The van der Waals surface area contributed by atoms with Gasteiger partial charge in [-0.05, 0) is 32.4 Å². The largest absolute Gasteiger partial charge is 0.461 e. The Balaban J connectivity index is 2.21. The molecule has 0 aliphatic carbocycles. The second-order valence-electron chi connectivity index (χ2n) is 4.85.